The molecule has 0 bridgehead atoms. The van der Waals surface area contributed by atoms with Gasteiger partial charge in [0.25, 0.3) is 5.91 Å². The van der Waals surface area contributed by atoms with E-state index in [1.54, 1.807) is 17.0 Å². The van der Waals surface area contributed by atoms with Crippen LogP contribution < -0.4 is 10.6 Å². The number of anilines is 1. The maximum Gasteiger partial charge on any atom is 0.274 e. The van der Waals surface area contributed by atoms with Crippen LogP contribution in [0.25, 0.3) is 5.52 Å². The zero-order valence-electron chi connectivity index (χ0n) is 21.4. The van der Waals surface area contributed by atoms with Gasteiger partial charge in [0.1, 0.15) is 17.8 Å². The number of halogens is 1. The number of benzene rings is 1. The maximum absolute atomic E-state index is 13.6. The summed E-state index contributed by atoms with van der Waals surface area (Å²) in [7, 11) is 1.94. The van der Waals surface area contributed by atoms with E-state index in [2.05, 4.69) is 45.0 Å². The molecular weight excluding hydrogens is 500 g/mol. The van der Waals surface area contributed by atoms with Crippen molar-refractivity contribution < 1.29 is 4.79 Å². The number of hydrogen-bond donors (Lipinski definition) is 2. The molecule has 2 saturated carbocycles. The van der Waals surface area contributed by atoms with Gasteiger partial charge in [-0.1, -0.05) is 23.7 Å². The third kappa shape index (κ3) is 4.34. The molecule has 2 N–H and O–H groups in total. The molecule has 3 aromatic heterocycles. The highest BCUT2D eigenvalue weighted by Crippen LogP contribution is 2.53. The third-order valence-electron chi connectivity index (χ3n) is 8.05. The molecule has 4 aromatic rings. The number of aryl methyl sites for hydroxylation is 1. The molecule has 0 atom stereocenters. The van der Waals surface area contributed by atoms with Gasteiger partial charge in [-0.05, 0) is 73.9 Å². The fourth-order valence-corrected chi connectivity index (χ4v) is 5.79. The average Bonchev–Trinajstić information content (AvgIpc) is 3.28. The number of nitrogens with zero attached hydrogens (tertiary/aromatic N) is 6. The first-order valence-corrected chi connectivity index (χ1v) is 13.2. The van der Waals surface area contributed by atoms with E-state index >= 15 is 0 Å². The summed E-state index contributed by atoms with van der Waals surface area (Å²) < 4.78 is 3.52. The first-order chi connectivity index (χ1) is 18.3. The zero-order valence-corrected chi connectivity index (χ0v) is 22.2. The van der Waals surface area contributed by atoms with Gasteiger partial charge in [-0.25, -0.2) is 4.52 Å². The molecule has 6 rings (SSSR count). The summed E-state index contributed by atoms with van der Waals surface area (Å²) in [5.74, 6) is 0.907. The summed E-state index contributed by atoms with van der Waals surface area (Å²) in [4.78, 5) is 13.6. The number of hydrogen-bond acceptors (Lipinski definition) is 6. The highest BCUT2D eigenvalue weighted by atomic mass is 35.5. The van der Waals surface area contributed by atoms with E-state index in [0.717, 1.165) is 42.6 Å². The zero-order chi connectivity index (χ0) is 26.5. The Morgan fingerprint density at radius 1 is 1.26 bits per heavy atom. The molecule has 9 nitrogen and oxygen atoms in total. The lowest BCUT2D eigenvalue weighted by Crippen LogP contribution is -2.44. The van der Waals surface area contributed by atoms with E-state index in [1.807, 2.05) is 41.9 Å². The van der Waals surface area contributed by atoms with Gasteiger partial charge in [0.2, 0.25) is 0 Å². The standard InChI is InChI=1S/C28H29ClN8O/c1-27(7-8-27)31-15-19-10-23-22(29)16-33-37(23)24(11-19)25(38)34-21-5-3-4-20(12-21)28(13-18(14-28)6-9-30)26-35-32-17-36(26)2/h3-5,10-12,16-18,31H,6-8,13-15H2,1-2H3,(H,34,38). The molecule has 2 aliphatic rings. The van der Waals surface area contributed by atoms with Crippen molar-refractivity contribution in [1.29, 1.82) is 5.26 Å². The Bertz CT molecular complexity index is 1570. The van der Waals surface area contributed by atoms with Crippen LogP contribution in [0.3, 0.4) is 0 Å². The van der Waals surface area contributed by atoms with Gasteiger partial charge < -0.3 is 15.2 Å². The van der Waals surface area contributed by atoms with Crippen molar-refractivity contribution in [2.24, 2.45) is 13.0 Å². The molecule has 10 heteroatoms. The summed E-state index contributed by atoms with van der Waals surface area (Å²) in [6.45, 7) is 2.85. The lowest BCUT2D eigenvalue weighted by Gasteiger charge is -2.46. The first kappa shape index (κ1) is 24.6. The number of fused-ring (bicyclic) bond motifs is 1. The Kier molecular flexibility index (Phi) is 5.97. The minimum Gasteiger partial charge on any atom is -0.321 e. The molecule has 3 heterocycles. The van der Waals surface area contributed by atoms with Crippen molar-refractivity contribution in [3.8, 4) is 6.07 Å². The second kappa shape index (κ2) is 9.22. The van der Waals surface area contributed by atoms with Crippen LogP contribution in [0.1, 0.15) is 66.5 Å². The molecule has 0 aliphatic heterocycles. The van der Waals surface area contributed by atoms with Crippen LogP contribution in [0.15, 0.2) is 48.9 Å². The van der Waals surface area contributed by atoms with Crippen molar-refractivity contribution in [2.45, 2.75) is 56.5 Å². The maximum atomic E-state index is 13.6. The van der Waals surface area contributed by atoms with Crippen molar-refractivity contribution in [1.82, 2.24) is 29.7 Å². The first-order valence-electron chi connectivity index (χ1n) is 12.8. The van der Waals surface area contributed by atoms with E-state index in [0.29, 0.717) is 40.8 Å². The van der Waals surface area contributed by atoms with E-state index < -0.39 is 0 Å². The predicted octanol–water partition coefficient (Wildman–Crippen LogP) is 4.62. The van der Waals surface area contributed by atoms with Crippen LogP contribution in [0.2, 0.25) is 5.02 Å². The summed E-state index contributed by atoms with van der Waals surface area (Å²) in [6, 6.07) is 14.0. The van der Waals surface area contributed by atoms with E-state index in [4.69, 9.17) is 11.6 Å². The van der Waals surface area contributed by atoms with Crippen LogP contribution in [0.5, 0.6) is 0 Å². The highest BCUT2D eigenvalue weighted by molar-refractivity contribution is 6.33. The van der Waals surface area contributed by atoms with Gasteiger partial charge in [-0.15, -0.1) is 10.2 Å². The van der Waals surface area contributed by atoms with E-state index in [-0.39, 0.29) is 16.9 Å². The fourth-order valence-electron chi connectivity index (χ4n) is 5.61. The van der Waals surface area contributed by atoms with Gasteiger partial charge >= 0.3 is 0 Å². The summed E-state index contributed by atoms with van der Waals surface area (Å²) in [5.41, 5.74) is 3.64. The Hall–Kier alpha value is -3.74. The highest BCUT2D eigenvalue weighted by Gasteiger charge is 2.49. The number of nitrogens with one attached hydrogen (secondary N) is 2. The normalized spacial score (nSPS) is 21.6. The van der Waals surface area contributed by atoms with Crippen molar-refractivity contribution in [3.63, 3.8) is 0 Å². The van der Waals surface area contributed by atoms with Crippen molar-refractivity contribution in [2.75, 3.05) is 5.32 Å². The van der Waals surface area contributed by atoms with Crippen molar-refractivity contribution in [3.05, 3.63) is 76.6 Å². The quantitative estimate of drug-likeness (QED) is 0.345. The Balaban J connectivity index is 1.30. The molecule has 194 valence electrons. The van der Waals surface area contributed by atoms with E-state index in [1.165, 1.54) is 0 Å². The topological polar surface area (TPSA) is 113 Å². The Morgan fingerprint density at radius 2 is 2.08 bits per heavy atom. The van der Waals surface area contributed by atoms with Gasteiger partial charge in [0.15, 0.2) is 0 Å². The Labute approximate surface area is 225 Å². The number of pyridine rings is 1. The lowest BCUT2D eigenvalue weighted by molar-refractivity contribution is 0.101. The monoisotopic (exact) mass is 528 g/mol. The van der Waals surface area contributed by atoms with E-state index in [9.17, 15) is 10.1 Å². The second-order valence-corrected chi connectivity index (χ2v) is 11.4. The van der Waals surface area contributed by atoms with Crippen molar-refractivity contribution >= 4 is 28.7 Å². The summed E-state index contributed by atoms with van der Waals surface area (Å²) in [6.07, 6.45) is 7.70. The number of nitriles is 1. The summed E-state index contributed by atoms with van der Waals surface area (Å²) >= 11 is 6.40. The average molecular weight is 529 g/mol. The molecule has 0 unspecified atom stereocenters. The number of amides is 1. The van der Waals surface area contributed by atoms with Crippen LogP contribution in [0.4, 0.5) is 5.69 Å². The predicted molar refractivity (Wildman–Crippen MR) is 144 cm³/mol. The molecule has 38 heavy (non-hydrogen) atoms. The number of carbonyl (C=O) groups excluding carboxylic acids is 1. The molecular formula is C28H29ClN8O. The smallest absolute Gasteiger partial charge is 0.274 e. The van der Waals surface area contributed by atoms with Crippen LogP contribution >= 0.6 is 11.6 Å². The largest absolute Gasteiger partial charge is 0.321 e. The fraction of sp³-hybridized carbons (Fsp3) is 0.393. The molecule has 2 fully saturated rings. The number of rotatable bonds is 8. The lowest BCUT2D eigenvalue weighted by atomic mass is 9.57. The van der Waals surface area contributed by atoms with Gasteiger partial charge in [-0.2, -0.15) is 10.4 Å². The molecule has 1 aromatic carbocycles. The number of aromatic nitrogens is 5. The summed E-state index contributed by atoms with van der Waals surface area (Å²) in [5, 5.41) is 29.2. The second-order valence-electron chi connectivity index (χ2n) is 11.0. The van der Waals surface area contributed by atoms with Gasteiger partial charge in [0.05, 0.1) is 28.2 Å². The molecule has 2 aliphatic carbocycles. The minimum atomic E-state index is -0.346. The number of carbonyl (C=O) groups is 1. The van der Waals surface area contributed by atoms with Gasteiger partial charge in [-0.3, -0.25) is 4.79 Å². The third-order valence-corrected chi connectivity index (χ3v) is 8.34. The Morgan fingerprint density at radius 3 is 2.79 bits per heavy atom. The molecule has 1 amide bonds. The molecule has 0 radical (unpaired) electrons. The molecule has 0 saturated heterocycles. The van der Waals surface area contributed by atoms with Crippen LogP contribution in [-0.2, 0) is 19.0 Å². The molecule has 0 spiro atoms. The minimum absolute atomic E-state index is 0.172. The van der Waals surface area contributed by atoms with Crippen LogP contribution in [-0.4, -0.2) is 35.8 Å². The van der Waals surface area contributed by atoms with Gasteiger partial charge in [0, 0.05) is 31.2 Å². The SMILES string of the molecule is Cn1cnnc1C1(c2cccc(NC(=O)c3cc(CNC4(C)CC4)cc4c(Cl)cnn34)c2)CC(CC#N)C1. The van der Waals surface area contributed by atoms with Crippen LogP contribution in [0, 0.1) is 17.2 Å².